The normalized spacial score (nSPS) is 14.3. The second-order valence-corrected chi connectivity index (χ2v) is 6.29. The molecule has 3 rings (SSSR count). The molecule has 2 aromatic carbocycles. The average molecular weight is 366 g/mol. The van der Waals surface area contributed by atoms with Crippen molar-refractivity contribution in [1.29, 1.82) is 5.26 Å². The number of carboxylic acid groups (broad SMARTS) is 2. The molecule has 6 heteroatoms. The number of nitriles is 1. The second-order valence-electron chi connectivity index (χ2n) is 6.29. The van der Waals surface area contributed by atoms with Crippen LogP contribution in [0.4, 0.5) is 0 Å². The van der Waals surface area contributed by atoms with E-state index in [4.69, 9.17) is 19.8 Å². The molecule has 0 radical (unpaired) electrons. The Morgan fingerprint density at radius 3 is 1.63 bits per heavy atom. The standard InChI is InChI=1S/C19H20N2.C2H2O4/c20-15-19(16-7-3-1-4-8-16,17-9-5-2-6-10-17)18-11-13-21-14-12-18;3-1(4)2(5)6/h1-10,18,21H,11-14H2;(H,3,4)(H,5,6). The largest absolute Gasteiger partial charge is 0.473 e. The zero-order chi connectivity index (χ0) is 19.7. The molecule has 1 heterocycles. The van der Waals surface area contributed by atoms with Crippen LogP contribution in [0.3, 0.4) is 0 Å². The number of piperidine rings is 1. The lowest BCUT2D eigenvalue weighted by molar-refractivity contribution is -0.159. The SMILES string of the molecule is N#CC(c1ccccc1)(c1ccccc1)C1CCNCC1.O=C(O)C(=O)O. The molecule has 1 aliphatic rings. The zero-order valence-corrected chi connectivity index (χ0v) is 14.8. The summed E-state index contributed by atoms with van der Waals surface area (Å²) in [4.78, 5) is 18.2. The molecule has 1 fully saturated rings. The second kappa shape index (κ2) is 9.51. The van der Waals surface area contributed by atoms with Crippen LogP contribution in [0.1, 0.15) is 24.0 Å². The van der Waals surface area contributed by atoms with Gasteiger partial charge in [0.25, 0.3) is 0 Å². The van der Waals surface area contributed by atoms with Crippen molar-refractivity contribution < 1.29 is 19.8 Å². The van der Waals surface area contributed by atoms with Gasteiger partial charge < -0.3 is 15.5 Å². The van der Waals surface area contributed by atoms with E-state index in [1.807, 2.05) is 36.4 Å². The summed E-state index contributed by atoms with van der Waals surface area (Å²) in [5.74, 6) is -3.29. The maximum Gasteiger partial charge on any atom is 0.414 e. The van der Waals surface area contributed by atoms with E-state index in [0.29, 0.717) is 5.92 Å². The summed E-state index contributed by atoms with van der Waals surface area (Å²) >= 11 is 0. The van der Waals surface area contributed by atoms with Crippen LogP contribution in [0.2, 0.25) is 0 Å². The molecule has 0 aliphatic carbocycles. The molecule has 0 unspecified atom stereocenters. The molecule has 1 saturated heterocycles. The smallest absolute Gasteiger partial charge is 0.414 e. The van der Waals surface area contributed by atoms with Gasteiger partial charge in [-0.3, -0.25) is 0 Å². The average Bonchev–Trinajstić information content (AvgIpc) is 2.72. The van der Waals surface area contributed by atoms with E-state index in [9.17, 15) is 5.26 Å². The third-order valence-electron chi connectivity index (χ3n) is 4.77. The Morgan fingerprint density at radius 2 is 1.30 bits per heavy atom. The van der Waals surface area contributed by atoms with Crippen molar-refractivity contribution in [2.24, 2.45) is 5.92 Å². The van der Waals surface area contributed by atoms with Gasteiger partial charge in [0.1, 0.15) is 5.41 Å². The lowest BCUT2D eigenvalue weighted by atomic mass is 9.64. The molecule has 27 heavy (non-hydrogen) atoms. The first-order chi connectivity index (χ1) is 13.0. The Bertz CT molecular complexity index is 742. The van der Waals surface area contributed by atoms with Gasteiger partial charge in [-0.05, 0) is 43.0 Å². The predicted octanol–water partition coefficient (Wildman–Crippen LogP) is 2.65. The maximum atomic E-state index is 10.2. The fourth-order valence-corrected chi connectivity index (χ4v) is 3.52. The van der Waals surface area contributed by atoms with Crippen LogP contribution in [-0.4, -0.2) is 35.2 Å². The molecule has 3 N–H and O–H groups in total. The maximum absolute atomic E-state index is 10.2. The molecule has 0 atom stereocenters. The minimum atomic E-state index is -1.82. The summed E-state index contributed by atoms with van der Waals surface area (Å²) in [6.45, 7) is 1.99. The van der Waals surface area contributed by atoms with Crippen LogP contribution in [0, 0.1) is 17.2 Å². The highest BCUT2D eigenvalue weighted by molar-refractivity contribution is 6.27. The predicted molar refractivity (Wildman–Crippen MR) is 100 cm³/mol. The minimum Gasteiger partial charge on any atom is -0.473 e. The third kappa shape index (κ3) is 4.72. The van der Waals surface area contributed by atoms with Gasteiger partial charge in [-0.25, -0.2) is 9.59 Å². The van der Waals surface area contributed by atoms with E-state index in [2.05, 4.69) is 35.7 Å². The molecule has 1 aliphatic heterocycles. The minimum absolute atomic E-state index is 0.355. The molecule has 0 bridgehead atoms. The summed E-state index contributed by atoms with van der Waals surface area (Å²) < 4.78 is 0. The van der Waals surface area contributed by atoms with Crippen LogP contribution in [0.25, 0.3) is 0 Å². The highest BCUT2D eigenvalue weighted by Gasteiger charge is 2.42. The number of aliphatic carboxylic acids is 2. The Balaban J connectivity index is 0.000000380. The fourth-order valence-electron chi connectivity index (χ4n) is 3.52. The molecule has 0 aromatic heterocycles. The van der Waals surface area contributed by atoms with Gasteiger partial charge in [-0.15, -0.1) is 0 Å². The zero-order valence-electron chi connectivity index (χ0n) is 14.8. The summed E-state index contributed by atoms with van der Waals surface area (Å²) in [6, 6.07) is 23.2. The Labute approximate surface area is 158 Å². The highest BCUT2D eigenvalue weighted by Crippen LogP contribution is 2.42. The van der Waals surface area contributed by atoms with Crippen LogP contribution in [-0.2, 0) is 15.0 Å². The lowest BCUT2D eigenvalue weighted by Gasteiger charge is -2.38. The Kier molecular flexibility index (Phi) is 7.09. The first-order valence-corrected chi connectivity index (χ1v) is 8.71. The first kappa shape index (κ1) is 20.1. The molecule has 0 saturated carbocycles. The first-order valence-electron chi connectivity index (χ1n) is 8.71. The Morgan fingerprint density at radius 1 is 0.889 bits per heavy atom. The summed E-state index contributed by atoms with van der Waals surface area (Å²) in [6.07, 6.45) is 2.08. The van der Waals surface area contributed by atoms with E-state index < -0.39 is 17.4 Å². The number of benzene rings is 2. The highest BCUT2D eigenvalue weighted by atomic mass is 16.4. The van der Waals surface area contributed by atoms with Gasteiger partial charge in [0.05, 0.1) is 6.07 Å². The molecular formula is C21H22N2O4. The quantitative estimate of drug-likeness (QED) is 0.720. The third-order valence-corrected chi connectivity index (χ3v) is 4.77. The van der Waals surface area contributed by atoms with Gasteiger partial charge in [-0.2, -0.15) is 5.26 Å². The molecular weight excluding hydrogens is 344 g/mol. The van der Waals surface area contributed by atoms with Gasteiger partial charge in [0, 0.05) is 0 Å². The molecule has 140 valence electrons. The van der Waals surface area contributed by atoms with Crippen molar-refractivity contribution in [3.05, 3.63) is 71.8 Å². The van der Waals surface area contributed by atoms with E-state index in [0.717, 1.165) is 37.1 Å². The van der Waals surface area contributed by atoms with E-state index in [1.165, 1.54) is 0 Å². The molecule has 0 amide bonds. The number of hydrogen-bond acceptors (Lipinski definition) is 4. The summed E-state index contributed by atoms with van der Waals surface area (Å²) in [5.41, 5.74) is 1.70. The molecule has 0 spiro atoms. The van der Waals surface area contributed by atoms with Crippen molar-refractivity contribution in [1.82, 2.24) is 5.32 Å². The van der Waals surface area contributed by atoms with Crippen molar-refractivity contribution in [2.45, 2.75) is 18.3 Å². The van der Waals surface area contributed by atoms with Gasteiger partial charge in [0.2, 0.25) is 0 Å². The van der Waals surface area contributed by atoms with Gasteiger partial charge >= 0.3 is 11.9 Å². The van der Waals surface area contributed by atoms with Gasteiger partial charge in [-0.1, -0.05) is 60.7 Å². The van der Waals surface area contributed by atoms with E-state index >= 15 is 0 Å². The monoisotopic (exact) mass is 366 g/mol. The molecule has 2 aromatic rings. The van der Waals surface area contributed by atoms with Crippen LogP contribution in [0.5, 0.6) is 0 Å². The summed E-state index contributed by atoms with van der Waals surface area (Å²) in [7, 11) is 0. The van der Waals surface area contributed by atoms with E-state index in [1.54, 1.807) is 0 Å². The number of carboxylic acids is 2. The lowest BCUT2D eigenvalue weighted by Crippen LogP contribution is -2.41. The van der Waals surface area contributed by atoms with Crippen molar-refractivity contribution in [3.8, 4) is 6.07 Å². The number of carbonyl (C=O) groups is 2. The van der Waals surface area contributed by atoms with Crippen molar-refractivity contribution in [3.63, 3.8) is 0 Å². The van der Waals surface area contributed by atoms with Crippen LogP contribution < -0.4 is 5.32 Å². The summed E-state index contributed by atoms with van der Waals surface area (Å²) in [5, 5.41) is 28.4. The number of nitrogens with one attached hydrogen (secondary N) is 1. The topological polar surface area (TPSA) is 110 Å². The van der Waals surface area contributed by atoms with Gasteiger partial charge in [0.15, 0.2) is 0 Å². The van der Waals surface area contributed by atoms with E-state index in [-0.39, 0.29) is 0 Å². The number of nitrogens with zero attached hydrogens (tertiary/aromatic N) is 1. The van der Waals surface area contributed by atoms with Crippen molar-refractivity contribution in [2.75, 3.05) is 13.1 Å². The number of rotatable bonds is 3. The molecule has 6 nitrogen and oxygen atoms in total. The Hall–Kier alpha value is -3.17. The van der Waals surface area contributed by atoms with Crippen molar-refractivity contribution >= 4 is 11.9 Å². The van der Waals surface area contributed by atoms with Crippen LogP contribution >= 0.6 is 0 Å². The van der Waals surface area contributed by atoms with Crippen LogP contribution in [0.15, 0.2) is 60.7 Å². The number of hydrogen-bond donors (Lipinski definition) is 3. The fraction of sp³-hybridized carbons (Fsp3) is 0.286.